The predicted octanol–water partition coefficient (Wildman–Crippen LogP) is 5.33. The van der Waals surface area contributed by atoms with E-state index in [1.165, 1.54) is 5.01 Å². The van der Waals surface area contributed by atoms with E-state index in [0.29, 0.717) is 28.7 Å². The van der Waals surface area contributed by atoms with Gasteiger partial charge in [0, 0.05) is 10.6 Å². The van der Waals surface area contributed by atoms with Crippen molar-refractivity contribution in [1.29, 1.82) is 0 Å². The summed E-state index contributed by atoms with van der Waals surface area (Å²) in [5.41, 5.74) is 2.72. The lowest BCUT2D eigenvalue weighted by Gasteiger charge is -2.12. The molecule has 0 aromatic heterocycles. The molecule has 0 saturated heterocycles. The van der Waals surface area contributed by atoms with E-state index < -0.39 is 0 Å². The van der Waals surface area contributed by atoms with Crippen molar-refractivity contribution >= 4 is 35.0 Å². The molecule has 0 aliphatic carbocycles. The topological polar surface area (TPSA) is 41.9 Å². The van der Waals surface area contributed by atoms with Gasteiger partial charge in [0.25, 0.3) is 5.91 Å². The minimum Gasteiger partial charge on any atom is -0.493 e. The Hall–Kier alpha value is -2.59. The highest BCUT2D eigenvalue weighted by Crippen LogP contribution is 2.29. The van der Waals surface area contributed by atoms with Crippen LogP contribution in [0, 0.1) is 0 Å². The molecule has 0 radical (unpaired) electrons. The van der Waals surface area contributed by atoms with Crippen molar-refractivity contribution in [2.24, 2.45) is 5.10 Å². The van der Waals surface area contributed by atoms with Crippen molar-refractivity contribution in [3.8, 4) is 5.75 Å². The van der Waals surface area contributed by atoms with Crippen LogP contribution in [0.2, 0.25) is 5.02 Å². The first-order valence-electron chi connectivity index (χ1n) is 8.69. The number of hydrazone groups is 1. The van der Waals surface area contributed by atoms with Gasteiger partial charge in [0.1, 0.15) is 5.75 Å². The van der Waals surface area contributed by atoms with Crippen LogP contribution in [0.25, 0.3) is 6.08 Å². The van der Waals surface area contributed by atoms with E-state index in [1.54, 1.807) is 12.1 Å². The molecule has 1 aliphatic rings. The van der Waals surface area contributed by atoms with Crippen LogP contribution in [-0.2, 0) is 4.79 Å². The van der Waals surface area contributed by atoms with Crippen LogP contribution in [0.3, 0.4) is 0 Å². The summed E-state index contributed by atoms with van der Waals surface area (Å²) in [6.07, 6.45) is 3.83. The molecule has 0 spiro atoms. The smallest absolute Gasteiger partial charge is 0.280 e. The quantitative estimate of drug-likeness (QED) is 0.511. The summed E-state index contributed by atoms with van der Waals surface area (Å²) >= 11 is 6.15. The first kappa shape index (κ1) is 18.2. The zero-order valence-electron chi connectivity index (χ0n) is 14.9. The number of rotatable bonds is 6. The van der Waals surface area contributed by atoms with E-state index in [2.05, 4.69) is 12.0 Å². The van der Waals surface area contributed by atoms with Crippen LogP contribution in [0.5, 0.6) is 5.75 Å². The molecule has 2 aromatic carbocycles. The largest absolute Gasteiger partial charge is 0.493 e. The Morgan fingerprint density at radius 1 is 1.19 bits per heavy atom. The number of halogens is 1. The Morgan fingerprint density at radius 3 is 2.69 bits per heavy atom. The fraction of sp³-hybridized carbons (Fsp3) is 0.238. The number of amides is 1. The lowest BCUT2D eigenvalue weighted by atomic mass is 10.1. The summed E-state index contributed by atoms with van der Waals surface area (Å²) in [4.78, 5) is 12.8. The molecule has 3 rings (SSSR count). The molecule has 0 bridgehead atoms. The van der Waals surface area contributed by atoms with Gasteiger partial charge in [-0.15, -0.1) is 0 Å². The maximum atomic E-state index is 12.8. The third kappa shape index (κ3) is 3.97. The lowest BCUT2D eigenvalue weighted by Crippen LogP contribution is -2.21. The summed E-state index contributed by atoms with van der Waals surface area (Å²) in [7, 11) is 0. The van der Waals surface area contributed by atoms with Gasteiger partial charge in [-0.2, -0.15) is 10.1 Å². The molecule has 2 aromatic rings. The van der Waals surface area contributed by atoms with Gasteiger partial charge in [0.2, 0.25) is 0 Å². The van der Waals surface area contributed by atoms with E-state index >= 15 is 0 Å². The summed E-state index contributed by atoms with van der Waals surface area (Å²) in [5, 5.41) is 6.42. The number of hydrogen-bond donors (Lipinski definition) is 0. The van der Waals surface area contributed by atoms with E-state index in [1.807, 2.05) is 49.4 Å². The Bertz CT molecular complexity index is 860. The molecule has 1 heterocycles. The van der Waals surface area contributed by atoms with Crippen molar-refractivity contribution in [2.75, 3.05) is 11.6 Å². The lowest BCUT2D eigenvalue weighted by molar-refractivity contribution is -0.114. The highest BCUT2D eigenvalue weighted by molar-refractivity contribution is 6.33. The van der Waals surface area contributed by atoms with Crippen LogP contribution < -0.4 is 9.75 Å². The minimum absolute atomic E-state index is 0.159. The van der Waals surface area contributed by atoms with E-state index in [0.717, 1.165) is 24.1 Å². The van der Waals surface area contributed by atoms with Gasteiger partial charge >= 0.3 is 0 Å². The standard InChI is InChI=1S/C21H21ClN2O2/c1-3-4-12-26-20-11-10-17(22)13-16(20)14-19-15(2)23-24(21(19)25)18-8-6-5-7-9-18/h5-11,13-14H,3-4,12H2,1-2H3/b19-14-. The first-order valence-corrected chi connectivity index (χ1v) is 9.07. The fourth-order valence-corrected chi connectivity index (χ4v) is 2.85. The maximum Gasteiger partial charge on any atom is 0.280 e. The van der Waals surface area contributed by atoms with Crippen LogP contribution >= 0.6 is 11.6 Å². The Morgan fingerprint density at radius 2 is 1.96 bits per heavy atom. The van der Waals surface area contributed by atoms with Crippen molar-refractivity contribution in [2.45, 2.75) is 26.7 Å². The molecule has 4 nitrogen and oxygen atoms in total. The normalized spacial score (nSPS) is 15.5. The number of benzene rings is 2. The molecule has 0 N–H and O–H groups in total. The van der Waals surface area contributed by atoms with Crippen molar-refractivity contribution in [1.82, 2.24) is 0 Å². The van der Waals surface area contributed by atoms with Crippen LogP contribution in [0.4, 0.5) is 5.69 Å². The average Bonchev–Trinajstić information content (AvgIpc) is 2.92. The molecule has 0 unspecified atom stereocenters. The second-order valence-electron chi connectivity index (χ2n) is 6.08. The molecule has 0 saturated carbocycles. The number of ether oxygens (including phenoxy) is 1. The van der Waals surface area contributed by atoms with Gasteiger partial charge < -0.3 is 4.74 Å². The SMILES string of the molecule is CCCCOc1ccc(Cl)cc1/C=C1\C(=O)N(c2ccccc2)N=C1C. The van der Waals surface area contributed by atoms with Crippen LogP contribution in [0.1, 0.15) is 32.3 Å². The van der Waals surface area contributed by atoms with Gasteiger partial charge in [-0.1, -0.05) is 43.1 Å². The molecule has 1 aliphatic heterocycles. The zero-order valence-corrected chi connectivity index (χ0v) is 15.7. The van der Waals surface area contributed by atoms with Crippen LogP contribution in [0.15, 0.2) is 59.2 Å². The monoisotopic (exact) mass is 368 g/mol. The summed E-state index contributed by atoms with van der Waals surface area (Å²) < 4.78 is 5.86. The van der Waals surface area contributed by atoms with Gasteiger partial charge in [-0.3, -0.25) is 4.79 Å². The zero-order chi connectivity index (χ0) is 18.5. The average molecular weight is 369 g/mol. The van der Waals surface area contributed by atoms with Crippen molar-refractivity contribution in [3.05, 3.63) is 64.7 Å². The molecule has 0 atom stereocenters. The Balaban J connectivity index is 1.91. The number of hydrogen-bond acceptors (Lipinski definition) is 3. The third-order valence-electron chi connectivity index (χ3n) is 4.09. The minimum atomic E-state index is -0.159. The van der Waals surface area contributed by atoms with E-state index in [-0.39, 0.29) is 5.91 Å². The third-order valence-corrected chi connectivity index (χ3v) is 4.33. The number of unbranched alkanes of at least 4 members (excludes halogenated alkanes) is 1. The van der Waals surface area contributed by atoms with Gasteiger partial charge in [0.05, 0.1) is 23.6 Å². The van der Waals surface area contributed by atoms with E-state index in [9.17, 15) is 4.79 Å². The van der Waals surface area contributed by atoms with Crippen molar-refractivity contribution < 1.29 is 9.53 Å². The Labute approximate surface area is 158 Å². The van der Waals surface area contributed by atoms with Crippen molar-refractivity contribution in [3.63, 3.8) is 0 Å². The number of para-hydroxylation sites is 1. The number of anilines is 1. The highest BCUT2D eigenvalue weighted by Gasteiger charge is 2.28. The fourth-order valence-electron chi connectivity index (χ4n) is 2.67. The van der Waals surface area contributed by atoms with Gasteiger partial charge in [-0.25, -0.2) is 0 Å². The summed E-state index contributed by atoms with van der Waals surface area (Å²) in [5.74, 6) is 0.558. The Kier molecular flexibility index (Phi) is 5.74. The number of carbonyl (C=O) groups is 1. The first-order chi connectivity index (χ1) is 12.6. The van der Waals surface area contributed by atoms with Gasteiger partial charge in [-0.05, 0) is 49.8 Å². The number of nitrogens with zero attached hydrogens (tertiary/aromatic N) is 2. The second kappa shape index (κ2) is 8.19. The van der Waals surface area contributed by atoms with E-state index in [4.69, 9.17) is 16.3 Å². The molecular weight excluding hydrogens is 348 g/mol. The number of carbonyl (C=O) groups excluding carboxylic acids is 1. The summed E-state index contributed by atoms with van der Waals surface area (Å²) in [6, 6.07) is 14.8. The highest BCUT2D eigenvalue weighted by atomic mass is 35.5. The van der Waals surface area contributed by atoms with Crippen LogP contribution in [-0.4, -0.2) is 18.2 Å². The summed E-state index contributed by atoms with van der Waals surface area (Å²) in [6.45, 7) is 4.57. The van der Waals surface area contributed by atoms with Gasteiger partial charge in [0.15, 0.2) is 0 Å². The predicted molar refractivity (Wildman–Crippen MR) is 107 cm³/mol. The molecule has 134 valence electrons. The molecule has 26 heavy (non-hydrogen) atoms. The maximum absolute atomic E-state index is 12.8. The molecular formula is C21H21ClN2O2. The molecule has 5 heteroatoms. The molecule has 1 amide bonds. The second-order valence-corrected chi connectivity index (χ2v) is 6.52. The molecule has 0 fully saturated rings.